The summed E-state index contributed by atoms with van der Waals surface area (Å²) in [6.07, 6.45) is 1.30. The van der Waals surface area contributed by atoms with Crippen LogP contribution in [0.3, 0.4) is 0 Å². The molecule has 0 fully saturated rings. The van der Waals surface area contributed by atoms with Crippen LogP contribution in [-0.4, -0.2) is 35.2 Å². The number of anilines is 1. The van der Waals surface area contributed by atoms with E-state index >= 15 is 0 Å². The number of benzene rings is 1. The molecule has 1 N–H and O–H groups in total. The van der Waals surface area contributed by atoms with E-state index in [2.05, 4.69) is 15.2 Å². The van der Waals surface area contributed by atoms with Crippen molar-refractivity contribution in [2.75, 3.05) is 19.1 Å². The molecular weight excluding hydrogens is 220 g/mol. The minimum atomic E-state index is -0.243. The Kier molecular flexibility index (Phi) is 3.04. The highest BCUT2D eigenvalue weighted by Crippen LogP contribution is 2.18. The van der Waals surface area contributed by atoms with Crippen LogP contribution < -0.4 is 9.64 Å². The summed E-state index contributed by atoms with van der Waals surface area (Å²) in [6.45, 7) is 0. The molecule has 17 heavy (non-hydrogen) atoms. The van der Waals surface area contributed by atoms with E-state index in [-0.39, 0.29) is 11.7 Å². The van der Waals surface area contributed by atoms with E-state index in [9.17, 15) is 4.79 Å². The van der Waals surface area contributed by atoms with E-state index in [1.54, 1.807) is 38.4 Å². The summed E-state index contributed by atoms with van der Waals surface area (Å²) >= 11 is 0. The van der Waals surface area contributed by atoms with Gasteiger partial charge in [0.05, 0.1) is 7.11 Å². The first-order valence-electron chi connectivity index (χ1n) is 5.00. The zero-order valence-electron chi connectivity index (χ0n) is 9.54. The van der Waals surface area contributed by atoms with E-state index < -0.39 is 0 Å². The van der Waals surface area contributed by atoms with Crippen LogP contribution in [0.5, 0.6) is 5.75 Å². The summed E-state index contributed by atoms with van der Waals surface area (Å²) in [6, 6.07) is 7.18. The number of methoxy groups -OCH3 is 1. The second kappa shape index (κ2) is 4.65. The second-order valence-electron chi connectivity index (χ2n) is 3.40. The number of carbonyl (C=O) groups excluding carboxylic acids is 1. The fourth-order valence-electron chi connectivity index (χ4n) is 1.39. The van der Waals surface area contributed by atoms with Crippen molar-refractivity contribution in [3.8, 4) is 5.75 Å². The van der Waals surface area contributed by atoms with Gasteiger partial charge >= 0.3 is 0 Å². The molecule has 0 aliphatic carbocycles. The Bertz CT molecular complexity index is 493. The molecule has 2 rings (SSSR count). The molecule has 1 heterocycles. The number of H-pyrrole nitrogens is 1. The van der Waals surface area contributed by atoms with Crippen molar-refractivity contribution in [2.45, 2.75) is 0 Å². The lowest BCUT2D eigenvalue weighted by Gasteiger charge is -2.15. The number of rotatable bonds is 3. The van der Waals surface area contributed by atoms with Gasteiger partial charge in [-0.2, -0.15) is 5.10 Å². The van der Waals surface area contributed by atoms with E-state index in [1.165, 1.54) is 11.2 Å². The van der Waals surface area contributed by atoms with Crippen LogP contribution in [0.4, 0.5) is 5.69 Å². The number of ether oxygens (including phenoxy) is 1. The van der Waals surface area contributed by atoms with E-state index in [0.717, 1.165) is 11.4 Å². The first-order chi connectivity index (χ1) is 8.22. The van der Waals surface area contributed by atoms with Crippen LogP contribution in [0.15, 0.2) is 30.6 Å². The minimum absolute atomic E-state index is 0.211. The lowest BCUT2D eigenvalue weighted by atomic mass is 10.3. The maximum absolute atomic E-state index is 11.9. The number of hydrogen-bond donors (Lipinski definition) is 1. The van der Waals surface area contributed by atoms with Gasteiger partial charge in [-0.1, -0.05) is 0 Å². The normalized spacial score (nSPS) is 10.0. The molecule has 6 heteroatoms. The van der Waals surface area contributed by atoms with Gasteiger partial charge in [-0.25, -0.2) is 4.98 Å². The monoisotopic (exact) mass is 232 g/mol. The highest BCUT2D eigenvalue weighted by molar-refractivity contribution is 6.03. The van der Waals surface area contributed by atoms with E-state index in [4.69, 9.17) is 4.74 Å². The molecule has 0 saturated carbocycles. The molecule has 2 aromatic rings. The molecule has 1 aromatic heterocycles. The Labute approximate surface area is 98.2 Å². The number of nitrogens with zero attached hydrogens (tertiary/aromatic N) is 3. The van der Waals surface area contributed by atoms with Crippen LogP contribution in [0, 0.1) is 0 Å². The number of amides is 1. The maximum Gasteiger partial charge on any atom is 0.295 e. The summed E-state index contributed by atoms with van der Waals surface area (Å²) in [7, 11) is 3.27. The molecular formula is C11H12N4O2. The van der Waals surface area contributed by atoms with Gasteiger partial charge in [-0.05, 0) is 24.3 Å². The van der Waals surface area contributed by atoms with Gasteiger partial charge in [0.2, 0.25) is 5.82 Å². The van der Waals surface area contributed by atoms with Crippen molar-refractivity contribution in [3.05, 3.63) is 36.4 Å². The third-order valence-electron chi connectivity index (χ3n) is 2.38. The van der Waals surface area contributed by atoms with Gasteiger partial charge in [0.25, 0.3) is 5.91 Å². The van der Waals surface area contributed by atoms with Crippen molar-refractivity contribution in [2.24, 2.45) is 0 Å². The van der Waals surface area contributed by atoms with Gasteiger partial charge in [0.1, 0.15) is 12.1 Å². The van der Waals surface area contributed by atoms with Crippen LogP contribution in [-0.2, 0) is 0 Å². The van der Waals surface area contributed by atoms with Crippen LogP contribution in [0.25, 0.3) is 0 Å². The van der Waals surface area contributed by atoms with Crippen LogP contribution >= 0.6 is 0 Å². The third-order valence-corrected chi connectivity index (χ3v) is 2.38. The SMILES string of the molecule is COc1ccc(N(C)C(=O)c2ncn[nH]2)cc1. The van der Waals surface area contributed by atoms with Crippen molar-refractivity contribution in [3.63, 3.8) is 0 Å². The van der Waals surface area contributed by atoms with Gasteiger partial charge in [0, 0.05) is 12.7 Å². The molecule has 88 valence electrons. The number of aromatic nitrogens is 3. The van der Waals surface area contributed by atoms with Crippen molar-refractivity contribution in [1.82, 2.24) is 15.2 Å². The fraction of sp³-hybridized carbons (Fsp3) is 0.182. The number of hydrogen-bond acceptors (Lipinski definition) is 4. The average Bonchev–Trinajstić information content (AvgIpc) is 2.91. The van der Waals surface area contributed by atoms with Gasteiger partial charge in [-0.3, -0.25) is 9.89 Å². The Hall–Kier alpha value is -2.37. The van der Waals surface area contributed by atoms with Crippen molar-refractivity contribution in [1.29, 1.82) is 0 Å². The number of carbonyl (C=O) groups is 1. The quantitative estimate of drug-likeness (QED) is 0.859. The lowest BCUT2D eigenvalue weighted by Crippen LogP contribution is -2.27. The van der Waals surface area contributed by atoms with E-state index in [1.807, 2.05) is 0 Å². The molecule has 0 saturated heterocycles. The molecule has 0 aliphatic rings. The van der Waals surface area contributed by atoms with Crippen molar-refractivity contribution >= 4 is 11.6 Å². The van der Waals surface area contributed by atoms with Crippen molar-refractivity contribution < 1.29 is 9.53 Å². The summed E-state index contributed by atoms with van der Waals surface area (Å²) in [5.41, 5.74) is 0.757. The molecule has 6 nitrogen and oxygen atoms in total. The molecule has 0 unspecified atom stereocenters. The van der Waals surface area contributed by atoms with Crippen LogP contribution in [0.1, 0.15) is 10.6 Å². The number of aromatic amines is 1. The first-order valence-corrected chi connectivity index (χ1v) is 5.00. The largest absolute Gasteiger partial charge is 0.497 e. The van der Waals surface area contributed by atoms with Crippen LogP contribution in [0.2, 0.25) is 0 Å². The molecule has 0 spiro atoms. The fourth-order valence-corrected chi connectivity index (χ4v) is 1.39. The Balaban J connectivity index is 2.19. The summed E-state index contributed by atoms with van der Waals surface area (Å²) < 4.78 is 5.05. The Morgan fingerprint density at radius 1 is 1.35 bits per heavy atom. The van der Waals surface area contributed by atoms with Gasteiger partial charge in [-0.15, -0.1) is 0 Å². The smallest absolute Gasteiger partial charge is 0.295 e. The number of nitrogens with one attached hydrogen (secondary N) is 1. The summed E-state index contributed by atoms with van der Waals surface area (Å²) in [5, 5.41) is 6.18. The Morgan fingerprint density at radius 3 is 2.59 bits per heavy atom. The highest BCUT2D eigenvalue weighted by atomic mass is 16.5. The van der Waals surface area contributed by atoms with Gasteiger partial charge < -0.3 is 9.64 Å². The second-order valence-corrected chi connectivity index (χ2v) is 3.40. The zero-order chi connectivity index (χ0) is 12.3. The standard InChI is InChI=1S/C11H12N4O2/c1-15(11(16)10-12-7-13-14-10)8-3-5-9(17-2)6-4-8/h3-7H,1-2H3,(H,12,13,14). The summed E-state index contributed by atoms with van der Waals surface area (Å²) in [4.78, 5) is 17.2. The predicted octanol–water partition coefficient (Wildman–Crippen LogP) is 1.09. The van der Waals surface area contributed by atoms with E-state index in [0.29, 0.717) is 0 Å². The molecule has 1 aromatic carbocycles. The minimum Gasteiger partial charge on any atom is -0.497 e. The maximum atomic E-state index is 11.9. The molecule has 1 amide bonds. The van der Waals surface area contributed by atoms with Gasteiger partial charge in [0.15, 0.2) is 0 Å². The third kappa shape index (κ3) is 2.25. The molecule has 0 aliphatic heterocycles. The molecule has 0 bridgehead atoms. The average molecular weight is 232 g/mol. The predicted molar refractivity (Wildman–Crippen MR) is 62.1 cm³/mol. The topological polar surface area (TPSA) is 71.1 Å². The summed E-state index contributed by atoms with van der Waals surface area (Å²) in [5.74, 6) is 0.713. The lowest BCUT2D eigenvalue weighted by molar-refractivity contribution is 0.0983. The zero-order valence-corrected chi connectivity index (χ0v) is 9.54. The highest BCUT2D eigenvalue weighted by Gasteiger charge is 2.15. The first kappa shape index (κ1) is 11.1. The molecule has 0 atom stereocenters. The Morgan fingerprint density at radius 2 is 2.06 bits per heavy atom. The molecule has 0 radical (unpaired) electrons.